The molecule has 0 aliphatic heterocycles. The van der Waals surface area contributed by atoms with Crippen LogP contribution in [0.15, 0.2) is 30.3 Å². The lowest BCUT2D eigenvalue weighted by Crippen LogP contribution is -2.50. The predicted octanol–water partition coefficient (Wildman–Crippen LogP) is 2.42. The van der Waals surface area contributed by atoms with Crippen molar-refractivity contribution >= 4 is 18.3 Å². The zero-order valence-corrected chi connectivity index (χ0v) is 14.9. The summed E-state index contributed by atoms with van der Waals surface area (Å²) < 4.78 is 0. The molecule has 22 heavy (non-hydrogen) atoms. The van der Waals surface area contributed by atoms with E-state index >= 15 is 0 Å². The van der Waals surface area contributed by atoms with E-state index in [9.17, 15) is 4.79 Å². The van der Waals surface area contributed by atoms with Crippen LogP contribution in [0.2, 0.25) is 0 Å². The standard InChI is InChI=1S/C17H29N3O.ClH/c1-5-13(2)16(18)17(21)19-14(3)11-20(4)12-15-9-7-6-8-10-15;/h6-10,13-14,16H,5,11-12,18H2,1-4H3,(H,19,21);1H. The summed E-state index contributed by atoms with van der Waals surface area (Å²) in [7, 11) is 2.06. The van der Waals surface area contributed by atoms with Gasteiger partial charge in [-0.1, -0.05) is 50.6 Å². The fourth-order valence-electron chi connectivity index (χ4n) is 2.32. The molecule has 3 unspecified atom stereocenters. The van der Waals surface area contributed by atoms with Gasteiger partial charge in [0, 0.05) is 19.1 Å². The number of rotatable bonds is 8. The zero-order chi connectivity index (χ0) is 15.8. The zero-order valence-electron chi connectivity index (χ0n) is 14.1. The molecule has 3 atom stereocenters. The van der Waals surface area contributed by atoms with Gasteiger partial charge in [0.1, 0.15) is 0 Å². The summed E-state index contributed by atoms with van der Waals surface area (Å²) in [4.78, 5) is 14.2. The van der Waals surface area contributed by atoms with Crippen molar-refractivity contribution in [2.24, 2.45) is 11.7 Å². The Hall–Kier alpha value is -1.10. The Morgan fingerprint density at radius 1 is 1.27 bits per heavy atom. The second kappa shape index (κ2) is 10.6. The summed E-state index contributed by atoms with van der Waals surface area (Å²) in [6.07, 6.45) is 0.914. The third-order valence-corrected chi connectivity index (χ3v) is 3.83. The largest absolute Gasteiger partial charge is 0.351 e. The Labute approximate surface area is 140 Å². The first-order valence-corrected chi connectivity index (χ1v) is 7.72. The molecule has 0 spiro atoms. The van der Waals surface area contributed by atoms with E-state index in [4.69, 9.17) is 5.73 Å². The molecular formula is C17H30ClN3O. The molecule has 5 heteroatoms. The Balaban J connectivity index is 0.00000441. The van der Waals surface area contributed by atoms with E-state index in [-0.39, 0.29) is 30.3 Å². The fourth-order valence-corrected chi connectivity index (χ4v) is 2.32. The fraction of sp³-hybridized carbons (Fsp3) is 0.588. The number of nitrogens with zero attached hydrogens (tertiary/aromatic N) is 1. The van der Waals surface area contributed by atoms with E-state index in [1.165, 1.54) is 5.56 Å². The minimum atomic E-state index is -0.420. The molecule has 0 aromatic heterocycles. The van der Waals surface area contributed by atoms with Gasteiger partial charge in [-0.05, 0) is 25.5 Å². The van der Waals surface area contributed by atoms with Crippen LogP contribution in [0.5, 0.6) is 0 Å². The van der Waals surface area contributed by atoms with Crippen LogP contribution in [-0.2, 0) is 11.3 Å². The van der Waals surface area contributed by atoms with E-state index < -0.39 is 6.04 Å². The van der Waals surface area contributed by atoms with Crippen LogP contribution in [-0.4, -0.2) is 36.5 Å². The number of hydrogen-bond acceptors (Lipinski definition) is 3. The number of carbonyl (C=O) groups is 1. The maximum Gasteiger partial charge on any atom is 0.237 e. The first-order valence-electron chi connectivity index (χ1n) is 7.72. The summed E-state index contributed by atoms with van der Waals surface area (Å²) in [5, 5.41) is 3.01. The highest BCUT2D eigenvalue weighted by atomic mass is 35.5. The lowest BCUT2D eigenvalue weighted by Gasteiger charge is -2.25. The van der Waals surface area contributed by atoms with E-state index in [1.54, 1.807) is 0 Å². The van der Waals surface area contributed by atoms with Crippen molar-refractivity contribution < 1.29 is 4.79 Å². The molecule has 0 aliphatic rings. The molecule has 0 heterocycles. The quantitative estimate of drug-likeness (QED) is 0.771. The summed E-state index contributed by atoms with van der Waals surface area (Å²) in [5.41, 5.74) is 7.22. The molecule has 1 aromatic rings. The summed E-state index contributed by atoms with van der Waals surface area (Å²) in [6.45, 7) is 7.75. The minimum Gasteiger partial charge on any atom is -0.351 e. The molecule has 1 rings (SSSR count). The van der Waals surface area contributed by atoms with Gasteiger partial charge in [-0.25, -0.2) is 0 Å². The van der Waals surface area contributed by atoms with Gasteiger partial charge in [-0.2, -0.15) is 0 Å². The molecule has 4 nitrogen and oxygen atoms in total. The molecule has 0 aliphatic carbocycles. The van der Waals surface area contributed by atoms with Crippen molar-refractivity contribution in [3.05, 3.63) is 35.9 Å². The highest BCUT2D eigenvalue weighted by Gasteiger charge is 2.21. The highest BCUT2D eigenvalue weighted by Crippen LogP contribution is 2.06. The maximum atomic E-state index is 12.0. The lowest BCUT2D eigenvalue weighted by atomic mass is 9.99. The smallest absolute Gasteiger partial charge is 0.237 e. The van der Waals surface area contributed by atoms with Gasteiger partial charge < -0.3 is 16.0 Å². The number of benzene rings is 1. The Kier molecular flexibility index (Phi) is 10.1. The molecule has 126 valence electrons. The molecule has 0 fully saturated rings. The van der Waals surface area contributed by atoms with Crippen molar-refractivity contribution in [3.8, 4) is 0 Å². The Bertz CT molecular complexity index is 427. The van der Waals surface area contributed by atoms with Crippen LogP contribution in [0.4, 0.5) is 0 Å². The second-order valence-corrected chi connectivity index (χ2v) is 6.00. The number of hydrogen-bond donors (Lipinski definition) is 2. The van der Waals surface area contributed by atoms with Crippen LogP contribution >= 0.6 is 12.4 Å². The molecule has 0 bridgehead atoms. The average molecular weight is 328 g/mol. The van der Waals surface area contributed by atoms with Crippen LogP contribution in [0.25, 0.3) is 0 Å². The normalized spacial score (nSPS) is 14.8. The molecule has 1 amide bonds. The van der Waals surface area contributed by atoms with Crippen LogP contribution in [0.1, 0.15) is 32.8 Å². The molecule has 0 saturated heterocycles. The molecular weight excluding hydrogens is 298 g/mol. The first kappa shape index (κ1) is 20.9. The Morgan fingerprint density at radius 2 is 1.86 bits per heavy atom. The summed E-state index contributed by atoms with van der Waals surface area (Å²) in [5.74, 6) is 0.157. The average Bonchev–Trinajstić information content (AvgIpc) is 2.46. The monoisotopic (exact) mass is 327 g/mol. The number of carbonyl (C=O) groups excluding carboxylic acids is 1. The third-order valence-electron chi connectivity index (χ3n) is 3.83. The SMILES string of the molecule is CCC(C)C(N)C(=O)NC(C)CN(C)Cc1ccccc1.Cl. The van der Waals surface area contributed by atoms with Gasteiger partial charge in [0.05, 0.1) is 6.04 Å². The van der Waals surface area contributed by atoms with Crippen molar-refractivity contribution in [2.45, 2.75) is 45.8 Å². The third kappa shape index (κ3) is 7.25. The Morgan fingerprint density at radius 3 is 2.41 bits per heavy atom. The number of halogens is 1. The van der Waals surface area contributed by atoms with Gasteiger partial charge in [0.25, 0.3) is 0 Å². The van der Waals surface area contributed by atoms with Crippen LogP contribution in [0.3, 0.4) is 0 Å². The van der Waals surface area contributed by atoms with Gasteiger partial charge in [0.2, 0.25) is 5.91 Å². The minimum absolute atomic E-state index is 0. The van der Waals surface area contributed by atoms with Gasteiger partial charge in [-0.15, -0.1) is 12.4 Å². The second-order valence-electron chi connectivity index (χ2n) is 6.00. The predicted molar refractivity (Wildman–Crippen MR) is 95.1 cm³/mol. The van der Waals surface area contributed by atoms with E-state index in [0.717, 1.165) is 19.5 Å². The topological polar surface area (TPSA) is 58.4 Å². The highest BCUT2D eigenvalue weighted by molar-refractivity contribution is 5.85. The number of nitrogens with one attached hydrogen (secondary N) is 1. The number of amides is 1. The van der Waals surface area contributed by atoms with Gasteiger partial charge in [0.15, 0.2) is 0 Å². The van der Waals surface area contributed by atoms with Gasteiger partial charge in [-0.3, -0.25) is 4.79 Å². The van der Waals surface area contributed by atoms with Gasteiger partial charge >= 0.3 is 0 Å². The first-order chi connectivity index (χ1) is 9.93. The van der Waals surface area contributed by atoms with Crippen LogP contribution < -0.4 is 11.1 Å². The molecule has 1 aromatic carbocycles. The van der Waals surface area contributed by atoms with Crippen molar-refractivity contribution in [1.82, 2.24) is 10.2 Å². The summed E-state index contributed by atoms with van der Waals surface area (Å²) >= 11 is 0. The lowest BCUT2D eigenvalue weighted by molar-refractivity contribution is -0.124. The van der Waals surface area contributed by atoms with Crippen molar-refractivity contribution in [1.29, 1.82) is 0 Å². The van der Waals surface area contributed by atoms with Crippen molar-refractivity contribution in [2.75, 3.05) is 13.6 Å². The molecule has 0 radical (unpaired) electrons. The van der Waals surface area contributed by atoms with E-state index in [0.29, 0.717) is 0 Å². The molecule has 3 N–H and O–H groups in total. The molecule has 0 saturated carbocycles. The van der Waals surface area contributed by atoms with E-state index in [1.807, 2.05) is 32.0 Å². The summed E-state index contributed by atoms with van der Waals surface area (Å²) in [6, 6.07) is 9.98. The maximum absolute atomic E-state index is 12.0. The van der Waals surface area contributed by atoms with E-state index in [2.05, 4.69) is 36.3 Å². The van der Waals surface area contributed by atoms with Crippen LogP contribution in [0, 0.1) is 5.92 Å². The van der Waals surface area contributed by atoms with Crippen molar-refractivity contribution in [3.63, 3.8) is 0 Å². The number of nitrogens with two attached hydrogens (primary N) is 1. The number of likely N-dealkylation sites (N-methyl/N-ethyl adjacent to an activating group) is 1.